The first-order chi connectivity index (χ1) is 9.43. The molecule has 6 heteroatoms. The van der Waals surface area contributed by atoms with Gasteiger partial charge in [0, 0.05) is 19.6 Å². The number of nitrogen functional groups attached to an aromatic ring is 1. The average molecular weight is 296 g/mol. The van der Waals surface area contributed by atoms with Crippen molar-refractivity contribution in [1.29, 1.82) is 0 Å². The van der Waals surface area contributed by atoms with E-state index in [0.29, 0.717) is 16.1 Å². The molecule has 0 atom stereocenters. The first-order valence-electron chi connectivity index (χ1n) is 7.22. The molecule has 0 radical (unpaired) electrons. The molecule has 1 aliphatic heterocycles. The number of amides is 1. The summed E-state index contributed by atoms with van der Waals surface area (Å²) in [6.07, 6.45) is 3.10. The Hall–Kier alpha value is -1.30. The Morgan fingerprint density at radius 2 is 2.10 bits per heavy atom. The highest BCUT2D eigenvalue weighted by molar-refractivity contribution is 7.18. The average Bonchev–Trinajstić information content (AvgIpc) is 2.77. The van der Waals surface area contributed by atoms with Crippen LogP contribution in [0.3, 0.4) is 0 Å². The van der Waals surface area contributed by atoms with Gasteiger partial charge in [-0.25, -0.2) is 4.98 Å². The van der Waals surface area contributed by atoms with Crippen molar-refractivity contribution in [2.75, 3.05) is 30.7 Å². The highest BCUT2D eigenvalue weighted by Gasteiger charge is 2.30. The minimum Gasteiger partial charge on any atom is -0.382 e. The highest BCUT2D eigenvalue weighted by Crippen LogP contribution is 2.32. The normalized spacial score (nSPS) is 18.1. The molecule has 20 heavy (non-hydrogen) atoms. The van der Waals surface area contributed by atoms with Gasteiger partial charge < -0.3 is 16.0 Å². The molecule has 1 aromatic heterocycles. The largest absolute Gasteiger partial charge is 0.382 e. The Balaban J connectivity index is 2.04. The Bertz CT molecular complexity index is 474. The van der Waals surface area contributed by atoms with Crippen LogP contribution in [0.4, 0.5) is 10.9 Å². The predicted octanol–water partition coefficient (Wildman–Crippen LogP) is 2.81. The smallest absolute Gasteiger partial charge is 0.267 e. The van der Waals surface area contributed by atoms with Crippen LogP contribution in [0.1, 0.15) is 49.7 Å². The lowest BCUT2D eigenvalue weighted by Gasteiger charge is -2.36. The second-order valence-electron chi connectivity index (χ2n) is 6.12. The third kappa shape index (κ3) is 3.42. The lowest BCUT2D eigenvalue weighted by molar-refractivity contribution is 0.0636. The van der Waals surface area contributed by atoms with Gasteiger partial charge >= 0.3 is 0 Å². The van der Waals surface area contributed by atoms with Crippen LogP contribution in [0.2, 0.25) is 0 Å². The fourth-order valence-corrected chi connectivity index (χ4v) is 3.13. The van der Waals surface area contributed by atoms with Crippen molar-refractivity contribution in [3.8, 4) is 0 Å². The molecule has 0 unspecified atom stereocenters. The molecule has 0 spiro atoms. The predicted molar refractivity (Wildman–Crippen MR) is 84.2 cm³/mol. The number of nitrogens with zero attached hydrogens (tertiary/aromatic N) is 2. The number of anilines is 2. The van der Waals surface area contributed by atoms with Gasteiger partial charge in [-0.15, -0.1) is 0 Å². The molecule has 1 fully saturated rings. The lowest BCUT2D eigenvalue weighted by Crippen LogP contribution is -2.41. The van der Waals surface area contributed by atoms with Crippen LogP contribution in [0.5, 0.6) is 0 Å². The quantitative estimate of drug-likeness (QED) is 0.896. The monoisotopic (exact) mass is 296 g/mol. The van der Waals surface area contributed by atoms with Crippen LogP contribution >= 0.6 is 11.3 Å². The third-order valence-electron chi connectivity index (χ3n) is 3.78. The summed E-state index contributed by atoms with van der Waals surface area (Å²) in [4.78, 5) is 19.2. The number of hydrogen-bond donors (Lipinski definition) is 2. The molecule has 5 nitrogen and oxygen atoms in total. The van der Waals surface area contributed by atoms with Crippen molar-refractivity contribution in [2.45, 2.75) is 40.0 Å². The number of aromatic nitrogens is 1. The van der Waals surface area contributed by atoms with E-state index < -0.39 is 0 Å². The number of rotatable bonds is 4. The van der Waals surface area contributed by atoms with E-state index in [1.165, 1.54) is 11.3 Å². The minimum atomic E-state index is 0.0278. The van der Waals surface area contributed by atoms with Gasteiger partial charge in [-0.3, -0.25) is 4.79 Å². The molecule has 1 amide bonds. The van der Waals surface area contributed by atoms with E-state index in [1.807, 2.05) is 4.90 Å². The number of carbonyl (C=O) groups excluding carboxylic acids is 1. The van der Waals surface area contributed by atoms with Crippen LogP contribution in [0.15, 0.2) is 0 Å². The van der Waals surface area contributed by atoms with Gasteiger partial charge in [-0.1, -0.05) is 32.1 Å². The molecule has 1 saturated heterocycles. The molecule has 2 rings (SSSR count). The molecule has 1 aliphatic rings. The van der Waals surface area contributed by atoms with Gasteiger partial charge in [0.2, 0.25) is 0 Å². The molecule has 3 N–H and O–H groups in total. The van der Waals surface area contributed by atoms with E-state index in [1.54, 1.807) is 0 Å². The summed E-state index contributed by atoms with van der Waals surface area (Å²) in [7, 11) is 0. The Kier molecular flexibility index (Phi) is 4.52. The fraction of sp³-hybridized carbons (Fsp3) is 0.714. The molecule has 0 saturated carbocycles. The zero-order valence-corrected chi connectivity index (χ0v) is 13.3. The highest BCUT2D eigenvalue weighted by atomic mass is 32.1. The van der Waals surface area contributed by atoms with Gasteiger partial charge in [-0.05, 0) is 24.7 Å². The molecule has 1 aromatic rings. The number of carbonyl (C=O) groups is 1. The van der Waals surface area contributed by atoms with Crippen LogP contribution in [-0.4, -0.2) is 35.4 Å². The van der Waals surface area contributed by atoms with E-state index in [4.69, 9.17) is 5.73 Å². The molecule has 2 heterocycles. The van der Waals surface area contributed by atoms with Gasteiger partial charge in [0.1, 0.15) is 10.7 Å². The van der Waals surface area contributed by atoms with Crippen molar-refractivity contribution in [3.63, 3.8) is 0 Å². The number of thiazole rings is 1. The second kappa shape index (κ2) is 5.99. The van der Waals surface area contributed by atoms with E-state index in [9.17, 15) is 4.79 Å². The Morgan fingerprint density at radius 1 is 1.45 bits per heavy atom. The summed E-state index contributed by atoms with van der Waals surface area (Å²) in [5, 5.41) is 3.92. The molecular formula is C14H24N4OS. The minimum absolute atomic E-state index is 0.0278. The Morgan fingerprint density at radius 3 is 2.70 bits per heavy atom. The van der Waals surface area contributed by atoms with Crippen LogP contribution < -0.4 is 11.1 Å². The topological polar surface area (TPSA) is 71.2 Å². The van der Waals surface area contributed by atoms with Crippen molar-refractivity contribution in [1.82, 2.24) is 9.88 Å². The summed E-state index contributed by atoms with van der Waals surface area (Å²) < 4.78 is 0. The number of nitrogens with two attached hydrogens (primary N) is 1. The fourth-order valence-electron chi connectivity index (χ4n) is 2.25. The number of hydrogen-bond acceptors (Lipinski definition) is 5. The van der Waals surface area contributed by atoms with Gasteiger partial charge in [0.05, 0.1) is 0 Å². The van der Waals surface area contributed by atoms with Crippen molar-refractivity contribution >= 4 is 28.2 Å². The van der Waals surface area contributed by atoms with Gasteiger partial charge in [0.15, 0.2) is 5.13 Å². The number of likely N-dealkylation sites (tertiary alicyclic amines) is 1. The zero-order chi connectivity index (χ0) is 14.8. The summed E-state index contributed by atoms with van der Waals surface area (Å²) >= 11 is 1.36. The summed E-state index contributed by atoms with van der Waals surface area (Å²) in [5.74, 6) is 0.378. The second-order valence-corrected chi connectivity index (χ2v) is 7.12. The molecular weight excluding hydrogens is 272 g/mol. The van der Waals surface area contributed by atoms with Crippen LogP contribution in [0.25, 0.3) is 0 Å². The summed E-state index contributed by atoms with van der Waals surface area (Å²) in [5.41, 5.74) is 6.22. The van der Waals surface area contributed by atoms with Crippen molar-refractivity contribution < 1.29 is 4.79 Å². The van der Waals surface area contributed by atoms with E-state index in [0.717, 1.165) is 44.0 Å². The van der Waals surface area contributed by atoms with Gasteiger partial charge in [-0.2, -0.15) is 0 Å². The van der Waals surface area contributed by atoms with Crippen molar-refractivity contribution in [2.24, 2.45) is 5.41 Å². The lowest BCUT2D eigenvalue weighted by atomic mass is 9.82. The molecule has 0 bridgehead atoms. The summed E-state index contributed by atoms with van der Waals surface area (Å²) in [6, 6.07) is 0. The molecule has 0 aromatic carbocycles. The maximum Gasteiger partial charge on any atom is 0.267 e. The Labute approximate surface area is 124 Å². The van der Waals surface area contributed by atoms with Crippen LogP contribution in [0, 0.1) is 5.41 Å². The first kappa shape index (κ1) is 15.1. The zero-order valence-electron chi connectivity index (χ0n) is 12.5. The molecule has 112 valence electrons. The number of piperidine rings is 1. The van der Waals surface area contributed by atoms with Gasteiger partial charge in [0.25, 0.3) is 5.91 Å². The van der Waals surface area contributed by atoms with E-state index >= 15 is 0 Å². The first-order valence-corrected chi connectivity index (χ1v) is 8.04. The molecule has 0 aliphatic carbocycles. The SMILES string of the molecule is CCCNc1nc(N)c(C(=O)N2CCC(C)(C)CC2)s1. The maximum absolute atomic E-state index is 12.5. The van der Waals surface area contributed by atoms with E-state index in [-0.39, 0.29) is 5.91 Å². The maximum atomic E-state index is 12.5. The van der Waals surface area contributed by atoms with E-state index in [2.05, 4.69) is 31.1 Å². The summed E-state index contributed by atoms with van der Waals surface area (Å²) in [6.45, 7) is 9.05. The van der Waals surface area contributed by atoms with Crippen molar-refractivity contribution in [3.05, 3.63) is 4.88 Å². The standard InChI is InChI=1S/C14H24N4OS/c1-4-7-16-13-17-11(15)10(20-13)12(19)18-8-5-14(2,3)6-9-18/h4-9,15H2,1-3H3,(H,16,17). The third-order valence-corrected chi connectivity index (χ3v) is 4.79. The number of nitrogens with one attached hydrogen (secondary N) is 1. The van der Waals surface area contributed by atoms with Crippen LogP contribution in [-0.2, 0) is 0 Å².